The summed E-state index contributed by atoms with van der Waals surface area (Å²) >= 11 is 0. The molecular formula is C18H15N9O. The summed E-state index contributed by atoms with van der Waals surface area (Å²) in [6.07, 6.45) is 4.56. The van der Waals surface area contributed by atoms with E-state index in [2.05, 4.69) is 25.4 Å². The number of pyridine rings is 1. The molecule has 4 aromatic rings. The minimum absolute atomic E-state index is 0.0723. The van der Waals surface area contributed by atoms with Gasteiger partial charge in [-0.1, -0.05) is 6.07 Å². The lowest BCUT2D eigenvalue weighted by Crippen LogP contribution is -2.30. The van der Waals surface area contributed by atoms with Crippen LogP contribution in [0.25, 0.3) is 11.3 Å². The summed E-state index contributed by atoms with van der Waals surface area (Å²) in [6.45, 7) is 1.80. The smallest absolute Gasteiger partial charge is 0.283 e. The maximum Gasteiger partial charge on any atom is 0.283 e. The second-order valence-electron chi connectivity index (χ2n) is 5.99. The third kappa shape index (κ3) is 2.80. The highest BCUT2D eigenvalue weighted by Gasteiger charge is 2.20. The van der Waals surface area contributed by atoms with Crippen LogP contribution in [0.15, 0.2) is 53.8 Å². The highest BCUT2D eigenvalue weighted by molar-refractivity contribution is 5.62. The van der Waals surface area contributed by atoms with Crippen molar-refractivity contribution in [2.45, 2.75) is 13.0 Å². The van der Waals surface area contributed by atoms with E-state index in [0.717, 1.165) is 0 Å². The molecule has 0 aromatic carbocycles. The number of hydrogen-bond acceptors (Lipinski definition) is 8. The molecule has 0 spiro atoms. The first-order valence-corrected chi connectivity index (χ1v) is 8.39. The van der Waals surface area contributed by atoms with Crippen molar-refractivity contribution in [3.8, 4) is 11.9 Å². The van der Waals surface area contributed by atoms with Crippen LogP contribution >= 0.6 is 0 Å². The predicted octanol–water partition coefficient (Wildman–Crippen LogP) is 1.30. The number of rotatable bonds is 4. The molecule has 138 valence electrons. The van der Waals surface area contributed by atoms with Crippen molar-refractivity contribution in [2.75, 3.05) is 11.1 Å². The molecule has 0 amide bonds. The first-order valence-electron chi connectivity index (χ1n) is 8.39. The van der Waals surface area contributed by atoms with Gasteiger partial charge in [0.05, 0.1) is 6.04 Å². The zero-order valence-electron chi connectivity index (χ0n) is 14.8. The van der Waals surface area contributed by atoms with Gasteiger partial charge in [-0.2, -0.15) is 10.4 Å². The summed E-state index contributed by atoms with van der Waals surface area (Å²) < 4.78 is 2.94. The Labute approximate surface area is 158 Å². The summed E-state index contributed by atoms with van der Waals surface area (Å²) in [6, 6.07) is 10.2. The van der Waals surface area contributed by atoms with Gasteiger partial charge in [0.1, 0.15) is 40.9 Å². The number of nitrogen functional groups attached to an aromatic ring is 1. The Morgan fingerprint density at radius 2 is 2.07 bits per heavy atom. The average Bonchev–Trinajstić information content (AvgIpc) is 3.18. The normalized spacial score (nSPS) is 11.9. The van der Waals surface area contributed by atoms with E-state index in [1.807, 2.05) is 6.07 Å². The van der Waals surface area contributed by atoms with Gasteiger partial charge in [0, 0.05) is 12.4 Å². The number of nitriles is 1. The van der Waals surface area contributed by atoms with Crippen molar-refractivity contribution in [1.29, 1.82) is 5.26 Å². The first-order chi connectivity index (χ1) is 13.6. The van der Waals surface area contributed by atoms with Gasteiger partial charge in [0.15, 0.2) is 5.82 Å². The molecule has 4 heterocycles. The summed E-state index contributed by atoms with van der Waals surface area (Å²) in [7, 11) is 0. The maximum absolute atomic E-state index is 13.1. The number of hydrogen-bond donors (Lipinski definition) is 2. The molecule has 28 heavy (non-hydrogen) atoms. The summed E-state index contributed by atoms with van der Waals surface area (Å²) in [5.74, 6) is 1.17. The van der Waals surface area contributed by atoms with Crippen LogP contribution < -0.4 is 16.6 Å². The zero-order chi connectivity index (χ0) is 19.7. The molecule has 10 nitrogen and oxygen atoms in total. The second-order valence-corrected chi connectivity index (χ2v) is 5.99. The molecule has 3 N–H and O–H groups in total. The van der Waals surface area contributed by atoms with E-state index in [9.17, 15) is 10.1 Å². The van der Waals surface area contributed by atoms with Gasteiger partial charge in [0.2, 0.25) is 0 Å². The molecule has 10 heteroatoms. The molecule has 0 fully saturated rings. The SMILES string of the molecule is C[C@H](Nc1ncnc(N)c1C#N)c1nn2cccc2c(=O)n1-c1ccccn1. The lowest BCUT2D eigenvalue weighted by molar-refractivity contribution is 0.665. The molecule has 0 saturated carbocycles. The van der Waals surface area contributed by atoms with Crippen molar-refractivity contribution in [3.05, 3.63) is 70.8 Å². The Morgan fingerprint density at radius 1 is 1.21 bits per heavy atom. The molecule has 0 aliphatic heterocycles. The fraction of sp³-hybridized carbons (Fsp3) is 0.111. The lowest BCUT2D eigenvalue weighted by atomic mass is 10.2. The van der Waals surface area contributed by atoms with Crippen LogP contribution in [0.1, 0.15) is 24.4 Å². The van der Waals surface area contributed by atoms with Gasteiger partial charge in [-0.25, -0.2) is 24.0 Å². The molecule has 4 aromatic heterocycles. The molecule has 0 saturated heterocycles. The number of nitrogens with one attached hydrogen (secondary N) is 1. The van der Waals surface area contributed by atoms with E-state index < -0.39 is 6.04 Å². The lowest BCUT2D eigenvalue weighted by Gasteiger charge is -2.19. The third-order valence-electron chi connectivity index (χ3n) is 4.20. The monoisotopic (exact) mass is 373 g/mol. The van der Waals surface area contributed by atoms with Crippen LogP contribution in [0.4, 0.5) is 11.6 Å². The Morgan fingerprint density at radius 3 is 2.82 bits per heavy atom. The van der Waals surface area contributed by atoms with Gasteiger partial charge in [0.25, 0.3) is 5.56 Å². The Bertz CT molecular complexity index is 1250. The molecule has 4 rings (SSSR count). The highest BCUT2D eigenvalue weighted by Crippen LogP contribution is 2.22. The predicted molar refractivity (Wildman–Crippen MR) is 102 cm³/mol. The van der Waals surface area contributed by atoms with Crippen molar-refractivity contribution < 1.29 is 0 Å². The van der Waals surface area contributed by atoms with Crippen LogP contribution in [0.5, 0.6) is 0 Å². The van der Waals surface area contributed by atoms with E-state index in [0.29, 0.717) is 17.2 Å². The summed E-state index contributed by atoms with van der Waals surface area (Å²) in [4.78, 5) is 25.3. The van der Waals surface area contributed by atoms with Crippen LogP contribution in [-0.2, 0) is 0 Å². The largest absolute Gasteiger partial charge is 0.382 e. The minimum atomic E-state index is -0.497. The first kappa shape index (κ1) is 17.2. The van der Waals surface area contributed by atoms with Gasteiger partial charge in [-0.15, -0.1) is 0 Å². The van der Waals surface area contributed by atoms with Crippen molar-refractivity contribution in [3.63, 3.8) is 0 Å². The molecule has 0 bridgehead atoms. The van der Waals surface area contributed by atoms with Gasteiger partial charge in [-0.3, -0.25) is 4.79 Å². The Hall–Kier alpha value is -4.26. The van der Waals surface area contributed by atoms with Crippen LogP contribution in [0.3, 0.4) is 0 Å². The third-order valence-corrected chi connectivity index (χ3v) is 4.20. The summed E-state index contributed by atoms with van der Waals surface area (Å²) in [5.41, 5.74) is 6.04. The molecule has 0 radical (unpaired) electrons. The Balaban J connectivity index is 1.88. The number of nitrogens with zero attached hydrogens (tertiary/aromatic N) is 7. The number of aromatic nitrogens is 6. The van der Waals surface area contributed by atoms with Crippen LogP contribution in [-0.4, -0.2) is 29.1 Å². The maximum atomic E-state index is 13.1. The fourth-order valence-corrected chi connectivity index (χ4v) is 2.88. The van der Waals surface area contributed by atoms with Crippen molar-refractivity contribution in [2.24, 2.45) is 0 Å². The average molecular weight is 373 g/mol. The minimum Gasteiger partial charge on any atom is -0.382 e. The van der Waals surface area contributed by atoms with E-state index in [1.165, 1.54) is 15.4 Å². The molecule has 0 aliphatic rings. The zero-order valence-corrected chi connectivity index (χ0v) is 14.8. The number of nitrogens with two attached hydrogens (primary N) is 1. The molecular weight excluding hydrogens is 358 g/mol. The van der Waals surface area contributed by atoms with Crippen molar-refractivity contribution >= 4 is 17.2 Å². The van der Waals surface area contributed by atoms with Gasteiger partial charge >= 0.3 is 0 Å². The second kappa shape index (κ2) is 6.81. The molecule has 0 aliphatic carbocycles. The molecule has 1 atom stereocenters. The quantitative estimate of drug-likeness (QED) is 0.545. The number of anilines is 2. The summed E-state index contributed by atoms with van der Waals surface area (Å²) in [5, 5.41) is 17.0. The van der Waals surface area contributed by atoms with Crippen LogP contribution in [0.2, 0.25) is 0 Å². The Kier molecular flexibility index (Phi) is 4.17. The van der Waals surface area contributed by atoms with Gasteiger partial charge in [-0.05, 0) is 31.2 Å². The van der Waals surface area contributed by atoms with E-state index in [1.54, 1.807) is 49.6 Å². The van der Waals surface area contributed by atoms with Crippen LogP contribution in [0, 0.1) is 11.3 Å². The number of fused-ring (bicyclic) bond motifs is 1. The fourth-order valence-electron chi connectivity index (χ4n) is 2.88. The van der Waals surface area contributed by atoms with E-state index in [-0.39, 0.29) is 22.8 Å². The van der Waals surface area contributed by atoms with E-state index in [4.69, 9.17) is 5.73 Å². The standard InChI is InChI=1S/C18H15N9O/c1-11(24-16-12(9-19)15(20)22-10-23-16)17-25-26-8-4-5-13(26)18(28)27(17)14-6-2-3-7-21-14/h2-8,10-11H,1H3,(H3,20,22,23,24)/t11-/m0/s1. The van der Waals surface area contributed by atoms with Crippen molar-refractivity contribution in [1.82, 2.24) is 29.1 Å². The molecule has 0 unspecified atom stereocenters. The highest BCUT2D eigenvalue weighted by atomic mass is 16.1. The van der Waals surface area contributed by atoms with Gasteiger partial charge < -0.3 is 11.1 Å². The van der Waals surface area contributed by atoms with E-state index >= 15 is 0 Å². The topological polar surface area (TPSA) is 140 Å².